The Morgan fingerprint density at radius 2 is 0.952 bits per heavy atom. The number of aldehydes is 1. The molecule has 0 aliphatic carbocycles. The molecule has 310 valence electrons. The van der Waals surface area contributed by atoms with Gasteiger partial charge in [-0.3, -0.25) is 9.69 Å². The number of aliphatic imine (C=N–C) groups is 1. The van der Waals surface area contributed by atoms with Crippen LogP contribution >= 0.6 is 45.3 Å². The molecule has 6 aromatic carbocycles. The van der Waals surface area contributed by atoms with E-state index in [1.165, 1.54) is 18.8 Å². The Hall–Kier alpha value is -6.39. The standard InChI is InChI=1S/C24H19N5S2.C16H13N3S2.C9H7NO/c1-2-8-17-16(7-1)25-22(26-17)13-29(14-23-27-18-9-3-5-11-20(18)30-23)15-24-28-19-10-4-6-12-21(19)31-24;1-3-7-13-11(5-1)18-15(20-13)9-17-10-16-19-12-6-2-4-8-14(12)21-16;11-6-8-5-7-3-1-2-4-9(7)10-8/h1-12H,13-15H2,(H,25,26);1-8,17H,9-10H2;1-4,6H,5H2. The Balaban J connectivity index is 0.000000126. The molecule has 11 aromatic rings. The molecule has 0 saturated heterocycles. The van der Waals surface area contributed by atoms with Crippen LogP contribution < -0.4 is 5.32 Å². The molecule has 0 unspecified atom stereocenters. The Labute approximate surface area is 378 Å². The van der Waals surface area contributed by atoms with Crippen molar-refractivity contribution in [3.8, 4) is 0 Å². The molecule has 0 bridgehead atoms. The molecule has 0 radical (unpaired) electrons. The Bertz CT molecular complexity index is 2940. The number of fused-ring (bicyclic) bond motifs is 6. The molecule has 0 fully saturated rings. The van der Waals surface area contributed by atoms with Crippen molar-refractivity contribution in [1.29, 1.82) is 0 Å². The second kappa shape index (κ2) is 18.9. The lowest BCUT2D eigenvalue weighted by atomic mass is 10.1. The summed E-state index contributed by atoms with van der Waals surface area (Å²) in [5.74, 6) is 0.962. The van der Waals surface area contributed by atoms with Crippen molar-refractivity contribution in [1.82, 2.24) is 40.1 Å². The summed E-state index contributed by atoms with van der Waals surface area (Å²) in [4.78, 5) is 44.0. The topological polar surface area (TPSA) is 125 Å². The lowest BCUT2D eigenvalue weighted by Crippen LogP contribution is -2.23. The fourth-order valence-corrected chi connectivity index (χ4v) is 11.2. The number of aromatic nitrogens is 6. The zero-order valence-electron chi connectivity index (χ0n) is 33.8. The van der Waals surface area contributed by atoms with E-state index in [0.29, 0.717) is 18.7 Å². The van der Waals surface area contributed by atoms with Crippen LogP contribution in [0.15, 0.2) is 151 Å². The number of carbonyl (C=O) groups is 1. The molecule has 2 N–H and O–H groups in total. The Morgan fingerprint density at radius 3 is 1.44 bits per heavy atom. The molecule has 1 aliphatic heterocycles. The van der Waals surface area contributed by atoms with Gasteiger partial charge in [0, 0.05) is 19.5 Å². The average molecular weight is 898 g/mol. The zero-order chi connectivity index (χ0) is 42.4. The molecule has 10 nitrogen and oxygen atoms in total. The predicted octanol–water partition coefficient (Wildman–Crippen LogP) is 11.7. The van der Waals surface area contributed by atoms with E-state index in [2.05, 4.69) is 109 Å². The first kappa shape index (κ1) is 40.7. The van der Waals surface area contributed by atoms with Gasteiger partial charge in [-0.1, -0.05) is 78.9 Å². The summed E-state index contributed by atoms with van der Waals surface area (Å²) in [7, 11) is 0. The van der Waals surface area contributed by atoms with Gasteiger partial charge in [-0.2, -0.15) is 0 Å². The summed E-state index contributed by atoms with van der Waals surface area (Å²) >= 11 is 7.01. The van der Waals surface area contributed by atoms with Gasteiger partial charge in [0.05, 0.1) is 82.9 Å². The summed E-state index contributed by atoms with van der Waals surface area (Å²) in [6, 6.07) is 49.1. The molecule has 5 aromatic heterocycles. The third-order valence-corrected chi connectivity index (χ3v) is 14.3. The zero-order valence-corrected chi connectivity index (χ0v) is 37.1. The number of nitrogens with zero attached hydrogens (tertiary/aromatic N) is 7. The second-order valence-corrected chi connectivity index (χ2v) is 19.2. The van der Waals surface area contributed by atoms with Gasteiger partial charge in [0.2, 0.25) is 0 Å². The van der Waals surface area contributed by atoms with E-state index in [4.69, 9.17) is 15.0 Å². The van der Waals surface area contributed by atoms with Crippen molar-refractivity contribution in [2.45, 2.75) is 39.1 Å². The summed E-state index contributed by atoms with van der Waals surface area (Å²) in [6.07, 6.45) is 1.51. The van der Waals surface area contributed by atoms with E-state index in [0.717, 1.165) is 103 Å². The Morgan fingerprint density at radius 1 is 0.508 bits per heavy atom. The molecule has 0 amide bonds. The minimum Gasteiger partial charge on any atom is -0.341 e. The molecule has 1 aliphatic rings. The number of H-pyrrole nitrogens is 1. The van der Waals surface area contributed by atoms with Crippen LogP contribution in [-0.4, -0.2) is 46.8 Å². The highest BCUT2D eigenvalue weighted by molar-refractivity contribution is 7.19. The third-order valence-electron chi connectivity index (χ3n) is 10.2. The average Bonchev–Trinajstić information content (AvgIpc) is 4.17. The minimum atomic E-state index is 0.631. The molecule has 0 atom stereocenters. The molecule has 12 rings (SSSR count). The van der Waals surface area contributed by atoms with Crippen molar-refractivity contribution in [2.75, 3.05) is 0 Å². The maximum absolute atomic E-state index is 10.3. The van der Waals surface area contributed by atoms with Gasteiger partial charge in [0.1, 0.15) is 25.9 Å². The van der Waals surface area contributed by atoms with Gasteiger partial charge < -0.3 is 10.3 Å². The monoisotopic (exact) mass is 897 g/mol. The molecule has 6 heterocycles. The van der Waals surface area contributed by atoms with Gasteiger partial charge in [0.15, 0.2) is 6.29 Å². The van der Waals surface area contributed by atoms with E-state index < -0.39 is 0 Å². The lowest BCUT2D eigenvalue weighted by Gasteiger charge is -2.18. The van der Waals surface area contributed by atoms with Crippen molar-refractivity contribution in [3.05, 3.63) is 177 Å². The molecule has 63 heavy (non-hydrogen) atoms. The summed E-state index contributed by atoms with van der Waals surface area (Å²) in [6.45, 7) is 3.80. The normalized spacial score (nSPS) is 12.1. The van der Waals surface area contributed by atoms with Gasteiger partial charge in [-0.05, 0) is 72.3 Å². The smallest absolute Gasteiger partial charge is 0.164 e. The largest absolute Gasteiger partial charge is 0.341 e. The van der Waals surface area contributed by atoms with E-state index in [1.54, 1.807) is 45.3 Å². The van der Waals surface area contributed by atoms with Gasteiger partial charge in [-0.25, -0.2) is 29.9 Å². The van der Waals surface area contributed by atoms with Crippen molar-refractivity contribution >= 4 is 115 Å². The summed E-state index contributed by atoms with van der Waals surface area (Å²) in [5.41, 5.74) is 9.07. The highest BCUT2D eigenvalue weighted by Crippen LogP contribution is 2.28. The van der Waals surface area contributed by atoms with Crippen LogP contribution in [0.1, 0.15) is 31.4 Å². The number of nitrogens with one attached hydrogen (secondary N) is 2. The third kappa shape index (κ3) is 9.81. The number of imidazole rings is 1. The second-order valence-electron chi connectivity index (χ2n) is 14.8. The molecule has 0 spiro atoms. The molecular weight excluding hydrogens is 859 g/mol. The van der Waals surface area contributed by atoms with Crippen LogP contribution in [0.25, 0.3) is 51.9 Å². The fraction of sp³-hybridized carbons (Fsp3) is 0.122. The van der Waals surface area contributed by atoms with Crippen LogP contribution in [0.4, 0.5) is 5.69 Å². The first-order valence-corrected chi connectivity index (χ1v) is 23.7. The van der Waals surface area contributed by atoms with Gasteiger partial charge in [0.25, 0.3) is 0 Å². The first-order valence-electron chi connectivity index (χ1n) is 20.4. The van der Waals surface area contributed by atoms with Gasteiger partial charge in [-0.15, -0.1) is 45.3 Å². The predicted molar refractivity (Wildman–Crippen MR) is 261 cm³/mol. The number of hydrogen-bond acceptors (Lipinski definition) is 13. The highest BCUT2D eigenvalue weighted by atomic mass is 32.1. The van der Waals surface area contributed by atoms with Crippen LogP contribution in [0, 0.1) is 0 Å². The van der Waals surface area contributed by atoms with Crippen LogP contribution in [-0.2, 0) is 43.9 Å². The van der Waals surface area contributed by atoms with Crippen molar-refractivity contribution in [2.24, 2.45) is 4.99 Å². The minimum absolute atomic E-state index is 0.631. The molecule has 14 heteroatoms. The summed E-state index contributed by atoms with van der Waals surface area (Å²) in [5, 5.41) is 7.90. The number of aromatic amines is 1. The van der Waals surface area contributed by atoms with E-state index >= 15 is 0 Å². The number of rotatable bonds is 11. The van der Waals surface area contributed by atoms with E-state index in [9.17, 15) is 4.79 Å². The maximum Gasteiger partial charge on any atom is 0.164 e. The van der Waals surface area contributed by atoms with Crippen LogP contribution in [0.2, 0.25) is 0 Å². The molecule has 0 saturated carbocycles. The van der Waals surface area contributed by atoms with Crippen molar-refractivity contribution < 1.29 is 4.79 Å². The number of thiazole rings is 4. The maximum atomic E-state index is 10.3. The number of carbonyl (C=O) groups excluding carboxylic acids is 1. The molecular formula is C49H39N9OS4. The Kier molecular flexibility index (Phi) is 12.2. The summed E-state index contributed by atoms with van der Waals surface area (Å²) < 4.78 is 4.94. The number of hydrogen-bond donors (Lipinski definition) is 2. The quantitative estimate of drug-likeness (QED) is 0.123. The SMILES string of the molecule is O=CC1=Nc2ccccc2C1.c1ccc2[nH]c(CN(Cc3nc4ccccc4s3)Cc3nc4ccccc4s3)nc2c1.c1ccc2sc(CNCc3nc4ccccc4s3)nc2c1. The highest BCUT2D eigenvalue weighted by Gasteiger charge is 2.17. The lowest BCUT2D eigenvalue weighted by molar-refractivity contribution is -0.102. The van der Waals surface area contributed by atoms with Crippen LogP contribution in [0.5, 0.6) is 0 Å². The first-order chi connectivity index (χ1) is 31.1. The fourth-order valence-electron chi connectivity index (χ4n) is 7.31. The van der Waals surface area contributed by atoms with E-state index in [-0.39, 0.29) is 0 Å². The van der Waals surface area contributed by atoms with Gasteiger partial charge >= 0.3 is 0 Å². The van der Waals surface area contributed by atoms with Crippen molar-refractivity contribution in [3.63, 3.8) is 0 Å². The van der Waals surface area contributed by atoms with Crippen LogP contribution in [0.3, 0.4) is 0 Å². The number of para-hydroxylation sites is 7. The number of benzene rings is 6. The van der Waals surface area contributed by atoms with E-state index in [1.807, 2.05) is 66.7 Å².